The molecule has 0 aromatic heterocycles. The Bertz CT molecular complexity index is 726. The Morgan fingerprint density at radius 3 is 0.400 bits per heavy atom. The van der Waals surface area contributed by atoms with Gasteiger partial charge in [0.1, 0.15) is 0 Å². The van der Waals surface area contributed by atoms with Crippen LogP contribution < -0.4 is 0 Å². The second-order valence-corrected chi connectivity index (χ2v) is 6.06. The van der Waals surface area contributed by atoms with Crippen LogP contribution in [-0.2, 0) is 45.5 Å². The molecule has 0 saturated carbocycles. The van der Waals surface area contributed by atoms with Crippen molar-refractivity contribution in [3.05, 3.63) is 0 Å². The second kappa shape index (κ2) is 15.3. The number of hydrogen-bond donors (Lipinski definition) is 0. The molecular weight excluding hydrogens is 677 g/mol. The number of alkyl halides is 18. The third-order valence-electron chi connectivity index (χ3n) is 2.86. The minimum absolute atomic E-state index is 0. The van der Waals surface area contributed by atoms with E-state index in [0.717, 1.165) is 0 Å². The van der Waals surface area contributed by atoms with E-state index in [1.54, 1.807) is 0 Å². The van der Waals surface area contributed by atoms with E-state index in [-0.39, 0.29) is 16.8 Å². The molecule has 0 amide bonds. The predicted octanol–water partition coefficient (Wildman–Crippen LogP) is 4.92. The van der Waals surface area contributed by atoms with Gasteiger partial charge in [0.25, 0.3) is 0 Å². The first-order valence-corrected chi connectivity index (χ1v) is 8.25. The van der Waals surface area contributed by atoms with Gasteiger partial charge in [-0.15, -0.1) is 0 Å². The summed E-state index contributed by atoms with van der Waals surface area (Å²) in [6, 6.07) is 0. The van der Waals surface area contributed by atoms with E-state index in [4.69, 9.17) is 0 Å². The maximum atomic E-state index is 11.3. The number of rotatable bonds is 6. The van der Waals surface area contributed by atoms with Gasteiger partial charge in [0, 0.05) is 16.8 Å². The van der Waals surface area contributed by atoms with Crippen molar-refractivity contribution in [3.63, 3.8) is 0 Å². The molecule has 0 heterocycles. The van der Waals surface area contributed by atoms with Crippen molar-refractivity contribution in [1.82, 2.24) is 0 Å². The standard InChI is InChI=1S/3C5H2F6O2.Co/c3*6-4(7,8)2(12)1-3(13)5(9,10)11;/h3*1H2;. The molecule has 0 saturated heterocycles. The van der Waals surface area contributed by atoms with E-state index in [0.29, 0.717) is 0 Å². The molecule has 0 bridgehead atoms. The van der Waals surface area contributed by atoms with Gasteiger partial charge >= 0.3 is 37.1 Å². The molecule has 0 aliphatic heterocycles. The molecular formula is C15H6CoF18O6. The number of Topliss-reactive ketones (excluding diaryl/α,β-unsaturated/α-hetero) is 6. The van der Waals surface area contributed by atoms with Crippen molar-refractivity contribution >= 4 is 34.7 Å². The third-order valence-corrected chi connectivity index (χ3v) is 2.86. The molecule has 0 aromatic rings. The Morgan fingerprint density at radius 2 is 0.350 bits per heavy atom. The molecule has 0 aliphatic carbocycles. The van der Waals surface area contributed by atoms with Gasteiger partial charge in [0.15, 0.2) is 0 Å². The molecule has 0 unspecified atom stereocenters. The monoisotopic (exact) mass is 683 g/mol. The SMILES string of the molecule is O=C(CC(=O)C(F)(F)F)C(F)(F)F.O=C(CC(=O)C(F)(F)F)C(F)(F)F.O=C(CC(=O)C(F)(F)F)C(F)(F)F.[Co]. The number of carbonyl (C=O) groups excluding carboxylic acids is 6. The summed E-state index contributed by atoms with van der Waals surface area (Å²) in [5.41, 5.74) is 0. The Labute approximate surface area is 216 Å². The van der Waals surface area contributed by atoms with Gasteiger partial charge < -0.3 is 0 Å². The van der Waals surface area contributed by atoms with Crippen molar-refractivity contribution in [2.45, 2.75) is 56.3 Å². The van der Waals surface area contributed by atoms with Gasteiger partial charge in [-0.25, -0.2) is 0 Å². The Balaban J connectivity index is -0.000000240. The molecule has 0 N–H and O–H groups in total. The summed E-state index contributed by atoms with van der Waals surface area (Å²) in [5, 5.41) is 0. The molecule has 237 valence electrons. The van der Waals surface area contributed by atoms with E-state index in [9.17, 15) is 108 Å². The summed E-state index contributed by atoms with van der Waals surface area (Å²) < 4.78 is 204. The first kappa shape index (κ1) is 44.3. The quantitative estimate of drug-likeness (QED) is 0.291. The molecule has 1 radical (unpaired) electrons. The zero-order chi connectivity index (χ0) is 32.6. The fraction of sp³-hybridized carbons (Fsp3) is 0.600. The maximum Gasteiger partial charge on any atom is 0.450 e. The zero-order valence-electron chi connectivity index (χ0n) is 17.7. The van der Waals surface area contributed by atoms with Crippen molar-refractivity contribution in [2.24, 2.45) is 0 Å². The summed E-state index contributed by atoms with van der Waals surface area (Å²) in [6.45, 7) is 0. The molecule has 0 fully saturated rings. The van der Waals surface area contributed by atoms with Crippen LogP contribution in [0, 0.1) is 0 Å². The van der Waals surface area contributed by atoms with Crippen LogP contribution in [0.4, 0.5) is 79.0 Å². The van der Waals surface area contributed by atoms with Crippen LogP contribution in [0.15, 0.2) is 0 Å². The first-order valence-electron chi connectivity index (χ1n) is 8.25. The van der Waals surface area contributed by atoms with Gasteiger partial charge in [0.05, 0.1) is 19.3 Å². The van der Waals surface area contributed by atoms with Crippen LogP contribution in [0.2, 0.25) is 0 Å². The van der Waals surface area contributed by atoms with Crippen LogP contribution >= 0.6 is 0 Å². The topological polar surface area (TPSA) is 102 Å². The van der Waals surface area contributed by atoms with Gasteiger partial charge in [-0.3, -0.25) is 28.8 Å². The molecule has 6 nitrogen and oxygen atoms in total. The number of hydrogen-bond acceptors (Lipinski definition) is 6. The molecule has 25 heteroatoms. The van der Waals surface area contributed by atoms with Gasteiger partial charge in [0.2, 0.25) is 34.7 Å². The van der Waals surface area contributed by atoms with E-state index in [1.165, 1.54) is 0 Å². The summed E-state index contributed by atoms with van der Waals surface area (Å²) in [5.74, 6) is -16.2. The molecule has 0 spiro atoms. The Hall–Kier alpha value is -2.73. The van der Waals surface area contributed by atoms with Crippen LogP contribution in [0.25, 0.3) is 0 Å². The molecule has 0 aromatic carbocycles. The summed E-state index contributed by atoms with van der Waals surface area (Å²) >= 11 is 0. The predicted molar refractivity (Wildman–Crippen MR) is 80.2 cm³/mol. The normalized spacial score (nSPS) is 12.4. The maximum absolute atomic E-state index is 11.3. The fourth-order valence-corrected chi connectivity index (χ4v) is 1.04. The van der Waals surface area contributed by atoms with E-state index >= 15 is 0 Å². The first-order chi connectivity index (χ1) is 16.6. The fourth-order valence-electron chi connectivity index (χ4n) is 1.04. The van der Waals surface area contributed by atoms with Gasteiger partial charge in [-0.1, -0.05) is 0 Å². The molecule has 0 atom stereocenters. The zero-order valence-corrected chi connectivity index (χ0v) is 18.7. The van der Waals surface area contributed by atoms with E-state index in [1.807, 2.05) is 0 Å². The minimum Gasteiger partial charge on any atom is -0.289 e. The summed E-state index contributed by atoms with van der Waals surface area (Å²) in [7, 11) is 0. The van der Waals surface area contributed by atoms with E-state index in [2.05, 4.69) is 0 Å². The Morgan fingerprint density at radius 1 is 0.275 bits per heavy atom. The minimum atomic E-state index is -5.40. The smallest absolute Gasteiger partial charge is 0.289 e. The van der Waals surface area contributed by atoms with Crippen molar-refractivity contribution in [1.29, 1.82) is 0 Å². The summed E-state index contributed by atoms with van der Waals surface area (Å²) in [4.78, 5) is 59.3. The van der Waals surface area contributed by atoms with Gasteiger partial charge in [-0.05, 0) is 0 Å². The molecule has 0 aliphatic rings. The average Bonchev–Trinajstić information content (AvgIpc) is 2.64. The van der Waals surface area contributed by atoms with Crippen molar-refractivity contribution in [2.75, 3.05) is 0 Å². The van der Waals surface area contributed by atoms with Crippen LogP contribution in [0.3, 0.4) is 0 Å². The third kappa shape index (κ3) is 20.2. The van der Waals surface area contributed by atoms with E-state index < -0.39 is 91.0 Å². The van der Waals surface area contributed by atoms with Crippen molar-refractivity contribution < 1.29 is 125 Å². The second-order valence-electron chi connectivity index (χ2n) is 6.06. The largest absolute Gasteiger partial charge is 0.450 e. The number of halogens is 18. The number of ketones is 6. The van der Waals surface area contributed by atoms with Crippen molar-refractivity contribution in [3.8, 4) is 0 Å². The number of carbonyl (C=O) groups is 6. The van der Waals surface area contributed by atoms with Gasteiger partial charge in [-0.2, -0.15) is 79.0 Å². The molecule has 0 rings (SSSR count). The van der Waals surface area contributed by atoms with Crippen LogP contribution in [0.1, 0.15) is 19.3 Å². The summed E-state index contributed by atoms with van der Waals surface area (Å²) in [6.07, 6.45) is -39.0. The Kier molecular flexibility index (Phi) is 17.0. The van der Waals surface area contributed by atoms with Crippen LogP contribution in [0.5, 0.6) is 0 Å². The molecule has 40 heavy (non-hydrogen) atoms. The van der Waals surface area contributed by atoms with Crippen LogP contribution in [-0.4, -0.2) is 71.8 Å². The average molecular weight is 683 g/mol.